The van der Waals surface area contributed by atoms with Crippen LogP contribution in [0.3, 0.4) is 0 Å². The van der Waals surface area contributed by atoms with Crippen LogP contribution in [-0.4, -0.2) is 37.3 Å². The smallest absolute Gasteiger partial charge is 0.341 e. The van der Waals surface area contributed by atoms with Gasteiger partial charge in [0.05, 0.1) is 13.2 Å². The lowest BCUT2D eigenvalue weighted by Gasteiger charge is -2.38. The number of benzene rings is 1. The lowest BCUT2D eigenvalue weighted by atomic mass is 9.78. The number of anilines is 1. The van der Waals surface area contributed by atoms with Crippen molar-refractivity contribution in [3.05, 3.63) is 23.8 Å². The van der Waals surface area contributed by atoms with Gasteiger partial charge in [0, 0.05) is 12.3 Å². The molecular formula is C23H35NO5. The molecule has 0 aliphatic heterocycles. The van der Waals surface area contributed by atoms with E-state index in [0.717, 1.165) is 25.7 Å². The van der Waals surface area contributed by atoms with Crippen LogP contribution in [0.2, 0.25) is 0 Å². The van der Waals surface area contributed by atoms with Crippen LogP contribution in [0.4, 0.5) is 5.69 Å². The van der Waals surface area contributed by atoms with Gasteiger partial charge in [0.25, 0.3) is 5.91 Å². The molecule has 0 radical (unpaired) electrons. The molecule has 1 aliphatic carbocycles. The highest BCUT2D eigenvalue weighted by Gasteiger charge is 2.42. The van der Waals surface area contributed by atoms with Crippen molar-refractivity contribution in [1.29, 1.82) is 0 Å². The van der Waals surface area contributed by atoms with Crippen LogP contribution >= 0.6 is 0 Å². The summed E-state index contributed by atoms with van der Waals surface area (Å²) in [6, 6.07) is 5.07. The van der Waals surface area contributed by atoms with Gasteiger partial charge >= 0.3 is 5.97 Å². The van der Waals surface area contributed by atoms with E-state index in [1.54, 1.807) is 18.2 Å². The number of hydrogen-bond donors (Lipinski definition) is 1. The van der Waals surface area contributed by atoms with Crippen LogP contribution < -0.4 is 10.1 Å². The van der Waals surface area contributed by atoms with Crippen LogP contribution in [0, 0.1) is 5.92 Å². The summed E-state index contributed by atoms with van der Waals surface area (Å²) in [6.45, 7) is 8.70. The Balaban J connectivity index is 2.26. The number of ether oxygens (including phenoxy) is 3. The molecule has 1 fully saturated rings. The number of hydrogen-bond acceptors (Lipinski definition) is 5. The zero-order valence-electron chi connectivity index (χ0n) is 18.4. The first kappa shape index (κ1) is 23.2. The first-order valence-electron chi connectivity index (χ1n) is 10.7. The molecule has 162 valence electrons. The molecule has 3 atom stereocenters. The first-order valence-corrected chi connectivity index (χ1v) is 10.7. The van der Waals surface area contributed by atoms with Gasteiger partial charge in [-0.2, -0.15) is 0 Å². The minimum atomic E-state index is -0.814. The number of carbonyl (C=O) groups is 2. The molecule has 29 heavy (non-hydrogen) atoms. The SMILES string of the molecule is CCCOC1(C(=O)Nc2ccc(OC(C)CC)c(C(=O)OC)c2)CCCC(C)C1. The third kappa shape index (κ3) is 5.95. The summed E-state index contributed by atoms with van der Waals surface area (Å²) in [7, 11) is 1.33. The maximum absolute atomic E-state index is 13.2. The van der Waals surface area contributed by atoms with E-state index < -0.39 is 11.6 Å². The van der Waals surface area contributed by atoms with E-state index in [-0.39, 0.29) is 12.0 Å². The maximum atomic E-state index is 13.2. The Labute approximate surface area is 174 Å². The maximum Gasteiger partial charge on any atom is 0.341 e. The second kappa shape index (κ2) is 10.6. The molecule has 0 saturated heterocycles. The topological polar surface area (TPSA) is 73.9 Å². The molecular weight excluding hydrogens is 370 g/mol. The lowest BCUT2D eigenvalue weighted by Crippen LogP contribution is -2.48. The Morgan fingerprint density at radius 3 is 2.69 bits per heavy atom. The van der Waals surface area contributed by atoms with E-state index >= 15 is 0 Å². The normalized spacial score (nSPS) is 22.6. The summed E-state index contributed by atoms with van der Waals surface area (Å²) in [5.41, 5.74) is 0.0149. The summed E-state index contributed by atoms with van der Waals surface area (Å²) < 4.78 is 16.8. The van der Waals surface area contributed by atoms with Crippen molar-refractivity contribution in [3.63, 3.8) is 0 Å². The van der Waals surface area contributed by atoms with Gasteiger partial charge in [-0.15, -0.1) is 0 Å². The predicted molar refractivity (Wildman–Crippen MR) is 113 cm³/mol. The Kier molecular flexibility index (Phi) is 8.50. The van der Waals surface area contributed by atoms with E-state index in [0.29, 0.717) is 42.4 Å². The van der Waals surface area contributed by atoms with Crippen molar-refractivity contribution < 1.29 is 23.8 Å². The fourth-order valence-electron chi connectivity index (χ4n) is 3.73. The highest BCUT2D eigenvalue weighted by Crippen LogP contribution is 2.37. The molecule has 1 amide bonds. The van der Waals surface area contributed by atoms with E-state index in [1.165, 1.54) is 7.11 Å². The summed E-state index contributed by atoms with van der Waals surface area (Å²) in [5, 5.41) is 2.97. The Morgan fingerprint density at radius 1 is 1.31 bits per heavy atom. The average molecular weight is 406 g/mol. The molecule has 0 bridgehead atoms. The zero-order chi connectivity index (χ0) is 21.4. The zero-order valence-corrected chi connectivity index (χ0v) is 18.4. The van der Waals surface area contributed by atoms with Crippen LogP contribution in [0.1, 0.15) is 76.6 Å². The highest BCUT2D eigenvalue weighted by molar-refractivity contribution is 5.99. The van der Waals surface area contributed by atoms with E-state index in [9.17, 15) is 9.59 Å². The van der Waals surface area contributed by atoms with Crippen molar-refractivity contribution in [2.24, 2.45) is 5.92 Å². The van der Waals surface area contributed by atoms with Crippen LogP contribution in [0.5, 0.6) is 5.75 Å². The Bertz CT molecular complexity index is 705. The van der Waals surface area contributed by atoms with Crippen LogP contribution in [0.25, 0.3) is 0 Å². The molecule has 1 aromatic rings. The number of esters is 1. The Morgan fingerprint density at radius 2 is 2.07 bits per heavy atom. The van der Waals surface area contributed by atoms with E-state index in [2.05, 4.69) is 12.2 Å². The van der Waals surface area contributed by atoms with Gasteiger partial charge < -0.3 is 19.5 Å². The van der Waals surface area contributed by atoms with Gasteiger partial charge in [-0.05, 0) is 63.1 Å². The number of methoxy groups -OCH3 is 1. The summed E-state index contributed by atoms with van der Waals surface area (Å²) in [6.07, 6.45) is 5.13. The van der Waals surface area contributed by atoms with Crippen molar-refractivity contribution in [3.8, 4) is 5.75 Å². The molecule has 1 aromatic carbocycles. The summed E-state index contributed by atoms with van der Waals surface area (Å²) in [5.74, 6) is 0.238. The largest absolute Gasteiger partial charge is 0.490 e. The van der Waals surface area contributed by atoms with Crippen LogP contribution in [-0.2, 0) is 14.3 Å². The fourth-order valence-corrected chi connectivity index (χ4v) is 3.73. The number of nitrogens with one attached hydrogen (secondary N) is 1. The molecule has 1 saturated carbocycles. The van der Waals surface area contributed by atoms with Gasteiger partial charge in [-0.3, -0.25) is 4.79 Å². The van der Waals surface area contributed by atoms with Gasteiger partial charge in [-0.1, -0.05) is 27.2 Å². The highest BCUT2D eigenvalue weighted by atomic mass is 16.5. The number of rotatable bonds is 9. The molecule has 6 nitrogen and oxygen atoms in total. The quantitative estimate of drug-likeness (QED) is 0.588. The first-order chi connectivity index (χ1) is 13.8. The van der Waals surface area contributed by atoms with Gasteiger partial charge in [0.15, 0.2) is 0 Å². The fraction of sp³-hybridized carbons (Fsp3) is 0.652. The number of amides is 1. The van der Waals surface area contributed by atoms with Gasteiger partial charge in [0.1, 0.15) is 16.9 Å². The lowest BCUT2D eigenvalue weighted by molar-refractivity contribution is -0.148. The monoisotopic (exact) mass is 405 g/mol. The second-order valence-corrected chi connectivity index (χ2v) is 8.04. The standard InChI is InChI=1S/C23H35NO5/c1-6-13-28-23(12-8-9-16(3)15-23)22(26)24-18-10-11-20(29-17(4)7-2)19(14-18)21(25)27-5/h10-11,14,16-17H,6-9,12-13,15H2,1-5H3,(H,24,26). The van der Waals surface area contributed by atoms with E-state index in [4.69, 9.17) is 14.2 Å². The molecule has 3 unspecified atom stereocenters. The molecule has 1 N–H and O–H groups in total. The Hall–Kier alpha value is -2.08. The van der Waals surface area contributed by atoms with Crippen molar-refractivity contribution in [2.75, 3.05) is 19.0 Å². The van der Waals surface area contributed by atoms with Gasteiger partial charge in [-0.25, -0.2) is 4.79 Å². The van der Waals surface area contributed by atoms with Crippen molar-refractivity contribution in [2.45, 2.75) is 77.9 Å². The predicted octanol–water partition coefficient (Wildman–Crippen LogP) is 4.96. The van der Waals surface area contributed by atoms with E-state index in [1.807, 2.05) is 20.8 Å². The molecule has 0 spiro atoms. The third-order valence-corrected chi connectivity index (χ3v) is 5.50. The molecule has 0 heterocycles. The summed E-state index contributed by atoms with van der Waals surface area (Å²) >= 11 is 0. The average Bonchev–Trinajstić information content (AvgIpc) is 2.72. The summed E-state index contributed by atoms with van der Waals surface area (Å²) in [4.78, 5) is 25.5. The second-order valence-electron chi connectivity index (χ2n) is 8.04. The minimum Gasteiger partial charge on any atom is -0.490 e. The van der Waals surface area contributed by atoms with Crippen molar-refractivity contribution >= 4 is 17.6 Å². The van der Waals surface area contributed by atoms with Gasteiger partial charge in [0.2, 0.25) is 0 Å². The third-order valence-electron chi connectivity index (χ3n) is 5.50. The number of carbonyl (C=O) groups excluding carboxylic acids is 2. The molecule has 2 rings (SSSR count). The molecule has 0 aromatic heterocycles. The van der Waals surface area contributed by atoms with Crippen molar-refractivity contribution in [1.82, 2.24) is 0 Å². The van der Waals surface area contributed by atoms with Crippen LogP contribution in [0.15, 0.2) is 18.2 Å². The molecule has 1 aliphatic rings. The minimum absolute atomic E-state index is 0.0340. The molecule has 6 heteroatoms.